The molecule has 0 radical (unpaired) electrons. The number of fused-ring (bicyclic) bond motifs is 2. The molecule has 2 saturated heterocycles. The lowest BCUT2D eigenvalue weighted by molar-refractivity contribution is 0.0223. The molecular formula is C52H59BrCl4N6O10. The SMILES string of the molecule is CC(C)(C)OC(=O)N1CCNCC1.CN(C(=O)OCc1cc(Cl)cc(Cl)c1)c1coc2ccc(Br)cc12.CN(C(=O)OCc1cc(Cl)cc(Cl)c1)c1coc2ccc(N3CCN(C(=O)OC(C)(C)C)CC3)cc12. The van der Waals surface area contributed by atoms with Crippen LogP contribution in [0.3, 0.4) is 0 Å². The van der Waals surface area contributed by atoms with Gasteiger partial charge in [0.1, 0.15) is 48.1 Å². The van der Waals surface area contributed by atoms with Crippen LogP contribution in [-0.2, 0) is 32.2 Å². The van der Waals surface area contributed by atoms with E-state index < -0.39 is 17.8 Å². The topological polar surface area (TPSA) is 160 Å². The Kier molecular flexibility index (Phi) is 19.5. The molecule has 4 amide bonds. The fourth-order valence-corrected chi connectivity index (χ4v) is 8.93. The molecule has 0 bridgehead atoms. The summed E-state index contributed by atoms with van der Waals surface area (Å²) >= 11 is 27.3. The molecule has 16 nitrogen and oxygen atoms in total. The first-order chi connectivity index (χ1) is 34.4. The average molecular weight is 1150 g/mol. The van der Waals surface area contributed by atoms with Crippen LogP contribution in [0, 0.1) is 0 Å². The molecular weight excluding hydrogens is 1090 g/mol. The summed E-state index contributed by atoms with van der Waals surface area (Å²) in [5.74, 6) is 0. The van der Waals surface area contributed by atoms with E-state index in [9.17, 15) is 19.2 Å². The minimum atomic E-state index is -0.537. The van der Waals surface area contributed by atoms with E-state index in [0.717, 1.165) is 47.1 Å². The molecule has 4 aromatic carbocycles. The third kappa shape index (κ3) is 16.7. The van der Waals surface area contributed by atoms with Crippen LogP contribution >= 0.6 is 62.3 Å². The quantitative estimate of drug-likeness (QED) is 0.151. The normalized spacial score (nSPS) is 13.8. The van der Waals surface area contributed by atoms with Crippen LogP contribution in [-0.4, -0.2) is 112 Å². The number of nitrogens with one attached hydrogen (secondary N) is 1. The van der Waals surface area contributed by atoms with Gasteiger partial charge in [-0.3, -0.25) is 9.80 Å². The van der Waals surface area contributed by atoms with Gasteiger partial charge < -0.3 is 47.8 Å². The number of furan rings is 2. The highest BCUT2D eigenvalue weighted by Crippen LogP contribution is 2.34. The molecule has 0 aliphatic carbocycles. The van der Waals surface area contributed by atoms with Crippen LogP contribution in [0.1, 0.15) is 52.7 Å². The molecule has 0 unspecified atom stereocenters. The number of rotatable bonds is 7. The van der Waals surface area contributed by atoms with Gasteiger partial charge >= 0.3 is 24.4 Å². The number of carbonyl (C=O) groups excluding carboxylic acids is 4. The number of ether oxygens (including phenoxy) is 4. The lowest BCUT2D eigenvalue weighted by Crippen LogP contribution is -2.50. The predicted molar refractivity (Wildman–Crippen MR) is 291 cm³/mol. The smallest absolute Gasteiger partial charge is 0.414 e. The van der Waals surface area contributed by atoms with Gasteiger partial charge in [0, 0.05) is 107 Å². The Morgan fingerprint density at radius 1 is 0.589 bits per heavy atom. The number of carbonyl (C=O) groups is 4. The Bertz CT molecular complexity index is 2850. The fourth-order valence-electron chi connectivity index (χ4n) is 7.42. The Hall–Kier alpha value is -5.56. The van der Waals surface area contributed by atoms with Crippen LogP contribution in [0.25, 0.3) is 21.9 Å². The van der Waals surface area contributed by atoms with Crippen molar-refractivity contribution in [1.82, 2.24) is 15.1 Å². The van der Waals surface area contributed by atoms with Gasteiger partial charge in [0.15, 0.2) is 0 Å². The second kappa shape index (κ2) is 25.1. The third-order valence-electron chi connectivity index (χ3n) is 11.0. The Morgan fingerprint density at radius 3 is 1.44 bits per heavy atom. The summed E-state index contributed by atoms with van der Waals surface area (Å²) in [7, 11) is 3.25. The number of amides is 4. The summed E-state index contributed by atoms with van der Waals surface area (Å²) in [6.45, 7) is 17.0. The van der Waals surface area contributed by atoms with Crippen molar-refractivity contribution in [3.05, 3.63) is 121 Å². The Balaban J connectivity index is 0.000000201. The fraction of sp³-hybridized carbons (Fsp3) is 0.385. The molecule has 4 heterocycles. The second-order valence-corrected chi connectivity index (χ2v) is 21.7. The van der Waals surface area contributed by atoms with E-state index in [1.54, 1.807) is 60.3 Å². The van der Waals surface area contributed by atoms with E-state index in [1.807, 2.05) is 77.9 Å². The van der Waals surface area contributed by atoms with E-state index in [1.165, 1.54) is 22.3 Å². The highest BCUT2D eigenvalue weighted by atomic mass is 79.9. The van der Waals surface area contributed by atoms with E-state index in [-0.39, 0.29) is 31.0 Å². The number of hydrogen-bond acceptors (Lipinski definition) is 12. The monoisotopic (exact) mass is 1150 g/mol. The van der Waals surface area contributed by atoms with Gasteiger partial charge in [-0.05, 0) is 125 Å². The molecule has 6 aromatic rings. The zero-order valence-corrected chi connectivity index (χ0v) is 46.5. The van der Waals surface area contributed by atoms with Crippen molar-refractivity contribution >= 4 is 126 Å². The minimum Gasteiger partial charge on any atom is -0.462 e. The van der Waals surface area contributed by atoms with Gasteiger partial charge in [-0.1, -0.05) is 62.3 Å². The largest absolute Gasteiger partial charge is 0.462 e. The number of piperazine rings is 2. The van der Waals surface area contributed by atoms with Crippen LogP contribution in [0.15, 0.2) is 98.6 Å². The molecule has 2 aromatic heterocycles. The first kappa shape index (κ1) is 56.7. The van der Waals surface area contributed by atoms with Crippen molar-refractivity contribution in [3.63, 3.8) is 0 Å². The summed E-state index contributed by atoms with van der Waals surface area (Å²) in [6, 6.07) is 21.5. The minimum absolute atomic E-state index is 0.0341. The van der Waals surface area contributed by atoms with E-state index in [0.29, 0.717) is 79.9 Å². The van der Waals surface area contributed by atoms with Crippen molar-refractivity contribution in [3.8, 4) is 0 Å². The van der Waals surface area contributed by atoms with Gasteiger partial charge in [-0.2, -0.15) is 0 Å². The van der Waals surface area contributed by atoms with Crippen molar-refractivity contribution in [2.24, 2.45) is 0 Å². The maximum absolute atomic E-state index is 12.8. The first-order valence-corrected chi connectivity index (χ1v) is 25.5. The highest BCUT2D eigenvalue weighted by molar-refractivity contribution is 9.10. The first-order valence-electron chi connectivity index (χ1n) is 23.2. The average Bonchev–Trinajstić information content (AvgIpc) is 3.95. The number of halogens is 5. The van der Waals surface area contributed by atoms with Crippen molar-refractivity contribution < 1.29 is 47.0 Å². The number of benzene rings is 4. The molecule has 1 N–H and O–H groups in total. The third-order valence-corrected chi connectivity index (χ3v) is 12.3. The summed E-state index contributed by atoms with van der Waals surface area (Å²) in [4.78, 5) is 57.4. The molecule has 8 rings (SSSR count). The molecule has 0 saturated carbocycles. The number of anilines is 3. The van der Waals surface area contributed by atoms with Gasteiger partial charge in [0.2, 0.25) is 0 Å². The molecule has 2 aliphatic rings. The molecule has 0 atom stereocenters. The van der Waals surface area contributed by atoms with Gasteiger partial charge in [0.25, 0.3) is 0 Å². The van der Waals surface area contributed by atoms with Crippen LogP contribution < -0.4 is 20.0 Å². The predicted octanol–water partition coefficient (Wildman–Crippen LogP) is 13.7. The molecule has 2 aliphatic heterocycles. The standard InChI is InChI=1S/C26H29Cl2N3O5.C17H12BrCl2NO3.C9H18N2O2/c1-26(2,3)36-25(33)31-9-7-30(8-10-31)20-5-6-23-21(14-20)22(16-34-23)29(4)24(32)35-15-17-11-18(27)13-19(28)12-17;1-21(15-9-23-16-3-2-11(18)6-14(15)16)17(22)24-8-10-4-12(19)7-13(20)5-10;1-9(2,3)13-8(12)11-6-4-10-5-7-11/h5-6,11-14,16H,7-10,15H2,1-4H3;2-7,9H,8H2,1H3;10H,4-7H2,1-3H3. The zero-order chi connectivity index (χ0) is 53.2. The van der Waals surface area contributed by atoms with Crippen molar-refractivity contribution in [1.29, 1.82) is 0 Å². The zero-order valence-electron chi connectivity index (χ0n) is 41.9. The van der Waals surface area contributed by atoms with Gasteiger partial charge in [-0.15, -0.1) is 0 Å². The lowest BCUT2D eigenvalue weighted by Gasteiger charge is -2.36. The summed E-state index contributed by atoms with van der Waals surface area (Å²) in [5, 5.41) is 6.72. The van der Waals surface area contributed by atoms with Crippen molar-refractivity contribution in [2.45, 2.75) is 66.0 Å². The molecule has 21 heteroatoms. The van der Waals surface area contributed by atoms with E-state index in [4.69, 9.17) is 74.2 Å². The van der Waals surface area contributed by atoms with Gasteiger partial charge in [-0.25, -0.2) is 19.2 Å². The Labute approximate surface area is 453 Å². The lowest BCUT2D eigenvalue weighted by atomic mass is 10.1. The van der Waals surface area contributed by atoms with E-state index >= 15 is 0 Å². The molecule has 2 fully saturated rings. The molecule has 73 heavy (non-hydrogen) atoms. The maximum atomic E-state index is 12.8. The van der Waals surface area contributed by atoms with Gasteiger partial charge in [0.05, 0.1) is 11.4 Å². The summed E-state index contributed by atoms with van der Waals surface area (Å²) in [6.07, 6.45) is 1.52. The van der Waals surface area contributed by atoms with E-state index in [2.05, 4.69) is 26.1 Å². The molecule has 0 spiro atoms. The Morgan fingerprint density at radius 2 is 1.00 bits per heavy atom. The van der Waals surface area contributed by atoms with Crippen LogP contribution in [0.4, 0.5) is 36.2 Å². The summed E-state index contributed by atoms with van der Waals surface area (Å²) in [5.41, 5.74) is 4.04. The maximum Gasteiger partial charge on any atom is 0.414 e. The molecule has 392 valence electrons. The number of hydrogen-bond donors (Lipinski definition) is 1. The van der Waals surface area contributed by atoms with Crippen LogP contribution in [0.5, 0.6) is 0 Å². The number of nitrogens with zero attached hydrogens (tertiary/aromatic N) is 5. The second-order valence-electron chi connectivity index (χ2n) is 19.0. The van der Waals surface area contributed by atoms with Crippen LogP contribution in [0.2, 0.25) is 20.1 Å². The van der Waals surface area contributed by atoms with Crippen molar-refractivity contribution in [2.75, 3.05) is 81.2 Å². The summed E-state index contributed by atoms with van der Waals surface area (Å²) < 4.78 is 33.5. The highest BCUT2D eigenvalue weighted by Gasteiger charge is 2.28.